The topological polar surface area (TPSA) is 71.5 Å². The second kappa shape index (κ2) is 7.02. The Morgan fingerprint density at radius 1 is 1.40 bits per heavy atom. The van der Waals surface area contributed by atoms with Gasteiger partial charge in [0.05, 0.1) is 0 Å². The van der Waals surface area contributed by atoms with Gasteiger partial charge < -0.3 is 15.4 Å². The van der Waals surface area contributed by atoms with Crippen LogP contribution < -0.4 is 11.3 Å². The van der Waals surface area contributed by atoms with Crippen LogP contribution >= 0.6 is 0 Å². The Morgan fingerprint density at radius 3 is 2.85 bits per heavy atom. The van der Waals surface area contributed by atoms with Gasteiger partial charge in [0.1, 0.15) is 0 Å². The van der Waals surface area contributed by atoms with Crippen molar-refractivity contribution >= 4 is 0 Å². The zero-order valence-corrected chi connectivity index (χ0v) is 12.3. The maximum atomic E-state index is 12.4. The molecule has 0 fully saturated rings. The predicted octanol–water partition coefficient (Wildman–Crippen LogP) is 0.458. The lowest BCUT2D eigenvalue weighted by atomic mass is 10.0. The molecule has 0 aromatic carbocycles. The molecule has 1 aromatic rings. The molecule has 0 aliphatic carbocycles. The maximum Gasteiger partial charge on any atom is 0.255 e. The number of pyridine rings is 1. The summed E-state index contributed by atoms with van der Waals surface area (Å²) in [6.07, 6.45) is 2.66. The lowest BCUT2D eigenvalue weighted by molar-refractivity contribution is 0.245. The summed E-state index contributed by atoms with van der Waals surface area (Å²) >= 11 is 0. The molecule has 0 atom stereocenters. The van der Waals surface area contributed by atoms with Crippen molar-refractivity contribution in [2.24, 2.45) is 5.73 Å². The van der Waals surface area contributed by atoms with Gasteiger partial charge in [-0.25, -0.2) is 0 Å². The van der Waals surface area contributed by atoms with Crippen molar-refractivity contribution in [2.75, 3.05) is 19.7 Å². The summed E-state index contributed by atoms with van der Waals surface area (Å²) in [7, 11) is 0. The molecule has 0 bridgehead atoms. The van der Waals surface area contributed by atoms with Crippen LogP contribution in [0.25, 0.3) is 0 Å². The molecule has 0 unspecified atom stereocenters. The van der Waals surface area contributed by atoms with E-state index in [1.54, 1.807) is 0 Å². The number of nitrogens with zero attached hydrogens (tertiary/aromatic N) is 2. The lowest BCUT2D eigenvalue weighted by Gasteiger charge is -2.30. The average Bonchev–Trinajstić information content (AvgIpc) is 2.46. The first-order chi connectivity index (χ1) is 9.71. The molecule has 5 heteroatoms. The normalized spacial score (nSPS) is 15.3. The molecule has 0 saturated heterocycles. The van der Waals surface area contributed by atoms with Crippen LogP contribution in [0.5, 0.6) is 0 Å². The van der Waals surface area contributed by atoms with E-state index >= 15 is 0 Å². The molecule has 0 amide bonds. The number of aliphatic hydroxyl groups excluding tert-OH is 1. The molecule has 2 heterocycles. The Hall–Kier alpha value is -1.17. The fourth-order valence-corrected chi connectivity index (χ4v) is 2.96. The van der Waals surface area contributed by atoms with E-state index in [2.05, 4.69) is 11.8 Å². The van der Waals surface area contributed by atoms with E-state index in [4.69, 9.17) is 10.8 Å². The summed E-state index contributed by atoms with van der Waals surface area (Å²) in [6.45, 7) is 6.14. The van der Waals surface area contributed by atoms with E-state index in [-0.39, 0.29) is 18.7 Å². The quantitative estimate of drug-likeness (QED) is 0.793. The van der Waals surface area contributed by atoms with Crippen molar-refractivity contribution in [1.29, 1.82) is 0 Å². The van der Waals surface area contributed by atoms with Crippen molar-refractivity contribution in [3.05, 3.63) is 33.2 Å². The van der Waals surface area contributed by atoms with Crippen molar-refractivity contribution in [1.82, 2.24) is 9.47 Å². The molecule has 1 aliphatic rings. The van der Waals surface area contributed by atoms with Gasteiger partial charge in [-0.1, -0.05) is 6.92 Å². The molecule has 5 nitrogen and oxygen atoms in total. The summed E-state index contributed by atoms with van der Waals surface area (Å²) in [5, 5.41) is 9.01. The number of aliphatic hydroxyl groups is 1. The summed E-state index contributed by atoms with van der Waals surface area (Å²) < 4.78 is 1.83. The van der Waals surface area contributed by atoms with Crippen LogP contribution in [-0.4, -0.2) is 34.3 Å². The van der Waals surface area contributed by atoms with Gasteiger partial charge in [-0.15, -0.1) is 0 Å². The molecule has 1 aromatic heterocycles. The average molecular weight is 279 g/mol. The van der Waals surface area contributed by atoms with E-state index in [9.17, 15) is 4.79 Å². The SMILES string of the molecule is CCCN1CCc2c(cc(CN)c(=O)n2CCCO)C1. The summed E-state index contributed by atoms with van der Waals surface area (Å²) in [4.78, 5) is 14.8. The van der Waals surface area contributed by atoms with Crippen LogP contribution in [0.3, 0.4) is 0 Å². The number of rotatable bonds is 6. The fraction of sp³-hybridized carbons (Fsp3) is 0.667. The third-order valence-corrected chi connectivity index (χ3v) is 3.92. The van der Waals surface area contributed by atoms with Crippen LogP contribution in [0.4, 0.5) is 0 Å². The highest BCUT2D eigenvalue weighted by Gasteiger charge is 2.20. The summed E-state index contributed by atoms with van der Waals surface area (Å²) in [5.41, 5.74) is 8.75. The highest BCUT2D eigenvalue weighted by molar-refractivity contribution is 5.29. The van der Waals surface area contributed by atoms with E-state index < -0.39 is 0 Å². The third kappa shape index (κ3) is 3.11. The van der Waals surface area contributed by atoms with Crippen LogP contribution in [0, 0.1) is 0 Å². The van der Waals surface area contributed by atoms with Gasteiger partial charge in [0.2, 0.25) is 0 Å². The van der Waals surface area contributed by atoms with Gasteiger partial charge in [0, 0.05) is 50.5 Å². The number of nitrogens with two attached hydrogens (primary N) is 1. The third-order valence-electron chi connectivity index (χ3n) is 3.92. The Kier molecular flexibility index (Phi) is 5.34. The molecule has 20 heavy (non-hydrogen) atoms. The largest absolute Gasteiger partial charge is 0.396 e. The highest BCUT2D eigenvalue weighted by Crippen LogP contribution is 2.19. The lowest BCUT2D eigenvalue weighted by Crippen LogP contribution is -2.37. The highest BCUT2D eigenvalue weighted by atomic mass is 16.3. The van der Waals surface area contributed by atoms with E-state index in [0.29, 0.717) is 18.5 Å². The van der Waals surface area contributed by atoms with Gasteiger partial charge in [0.25, 0.3) is 5.56 Å². The second-order valence-corrected chi connectivity index (χ2v) is 5.41. The van der Waals surface area contributed by atoms with Gasteiger partial charge in [-0.05, 0) is 31.0 Å². The second-order valence-electron chi connectivity index (χ2n) is 5.41. The van der Waals surface area contributed by atoms with E-state index in [1.807, 2.05) is 10.6 Å². The van der Waals surface area contributed by atoms with Crippen LogP contribution in [-0.2, 0) is 26.1 Å². The number of aromatic nitrogens is 1. The Bertz CT molecular complexity index is 511. The van der Waals surface area contributed by atoms with E-state index in [0.717, 1.165) is 38.2 Å². The summed E-state index contributed by atoms with van der Waals surface area (Å²) in [5.74, 6) is 0. The smallest absolute Gasteiger partial charge is 0.255 e. The predicted molar refractivity (Wildman–Crippen MR) is 79.6 cm³/mol. The van der Waals surface area contributed by atoms with Gasteiger partial charge in [0.15, 0.2) is 0 Å². The molecule has 112 valence electrons. The monoisotopic (exact) mass is 279 g/mol. The zero-order chi connectivity index (χ0) is 14.5. The standard InChI is InChI=1S/C15H25N3O2/c1-2-5-17-7-4-14-13(11-17)9-12(10-16)15(20)18(14)6-3-8-19/h9,19H,2-8,10-11,16H2,1H3. The van der Waals surface area contributed by atoms with Crippen molar-refractivity contribution in [3.63, 3.8) is 0 Å². The van der Waals surface area contributed by atoms with Crippen molar-refractivity contribution < 1.29 is 5.11 Å². The molecular formula is C15H25N3O2. The molecule has 0 radical (unpaired) electrons. The summed E-state index contributed by atoms with van der Waals surface area (Å²) in [6, 6.07) is 1.98. The van der Waals surface area contributed by atoms with Gasteiger partial charge >= 0.3 is 0 Å². The molecule has 1 aliphatic heterocycles. The van der Waals surface area contributed by atoms with Crippen molar-refractivity contribution in [3.8, 4) is 0 Å². The number of hydrogen-bond acceptors (Lipinski definition) is 4. The Morgan fingerprint density at radius 2 is 2.20 bits per heavy atom. The van der Waals surface area contributed by atoms with Crippen LogP contribution in [0.15, 0.2) is 10.9 Å². The molecule has 0 spiro atoms. The number of hydrogen-bond donors (Lipinski definition) is 2. The van der Waals surface area contributed by atoms with E-state index in [1.165, 1.54) is 5.56 Å². The Balaban J connectivity index is 2.37. The molecule has 2 rings (SSSR count). The molecular weight excluding hydrogens is 254 g/mol. The van der Waals surface area contributed by atoms with Crippen molar-refractivity contribution in [2.45, 2.75) is 45.8 Å². The van der Waals surface area contributed by atoms with Crippen LogP contribution in [0.1, 0.15) is 36.6 Å². The minimum absolute atomic E-state index is 0.0173. The first kappa shape index (κ1) is 15.2. The molecule has 3 N–H and O–H groups in total. The minimum Gasteiger partial charge on any atom is -0.396 e. The first-order valence-corrected chi connectivity index (χ1v) is 7.49. The maximum absolute atomic E-state index is 12.4. The van der Waals surface area contributed by atoms with Gasteiger partial charge in [-0.2, -0.15) is 0 Å². The number of fused-ring (bicyclic) bond motifs is 1. The zero-order valence-electron chi connectivity index (χ0n) is 12.3. The first-order valence-electron chi connectivity index (χ1n) is 7.49. The fourth-order valence-electron chi connectivity index (χ4n) is 2.96. The minimum atomic E-state index is 0.0173. The van der Waals surface area contributed by atoms with Gasteiger partial charge in [-0.3, -0.25) is 9.69 Å². The Labute approximate surface area is 120 Å². The molecule has 0 saturated carbocycles. The van der Waals surface area contributed by atoms with Crippen LogP contribution in [0.2, 0.25) is 0 Å².